The Hall–Kier alpha value is -0.740. The molecule has 0 atom stereocenters. The Kier molecular flexibility index (Phi) is 6.26. The van der Waals surface area contributed by atoms with E-state index in [9.17, 15) is 0 Å². The van der Waals surface area contributed by atoms with Crippen LogP contribution in [-0.2, 0) is 6.42 Å². The lowest BCUT2D eigenvalue weighted by Crippen LogP contribution is -2.02. The fourth-order valence-corrected chi connectivity index (χ4v) is 1.60. The summed E-state index contributed by atoms with van der Waals surface area (Å²) in [7, 11) is 1.66. The average molecular weight is 288 g/mol. The Morgan fingerprint density at radius 2 is 2.12 bits per heavy atom. The Balaban J connectivity index is 2.71. The van der Waals surface area contributed by atoms with Gasteiger partial charge in [0.15, 0.2) is 11.5 Å². The van der Waals surface area contributed by atoms with E-state index in [0.29, 0.717) is 13.2 Å². The number of rotatable bonds is 7. The first-order valence-corrected chi connectivity index (χ1v) is 6.49. The van der Waals surface area contributed by atoms with Crippen LogP contribution in [0.1, 0.15) is 12.0 Å². The molecule has 1 aromatic rings. The van der Waals surface area contributed by atoms with Crippen molar-refractivity contribution in [2.75, 3.05) is 25.6 Å². The van der Waals surface area contributed by atoms with E-state index >= 15 is 0 Å². The molecular formula is C12H18BrNO2. The van der Waals surface area contributed by atoms with Gasteiger partial charge in [-0.05, 0) is 37.1 Å². The smallest absolute Gasteiger partial charge is 0.161 e. The lowest BCUT2D eigenvalue weighted by Gasteiger charge is -2.11. The van der Waals surface area contributed by atoms with Crippen LogP contribution in [-0.4, -0.2) is 25.6 Å². The molecule has 0 unspecified atom stereocenters. The summed E-state index contributed by atoms with van der Waals surface area (Å²) < 4.78 is 10.8. The van der Waals surface area contributed by atoms with Crippen molar-refractivity contribution in [2.45, 2.75) is 12.8 Å². The third kappa shape index (κ3) is 4.02. The highest BCUT2D eigenvalue weighted by atomic mass is 79.9. The second kappa shape index (κ2) is 7.52. The maximum Gasteiger partial charge on any atom is 0.161 e. The normalized spacial score (nSPS) is 10.2. The molecule has 90 valence electrons. The third-order valence-electron chi connectivity index (χ3n) is 2.23. The minimum atomic E-state index is 0.637. The van der Waals surface area contributed by atoms with Crippen molar-refractivity contribution < 1.29 is 9.47 Å². The number of nitrogens with two attached hydrogens (primary N) is 1. The fourth-order valence-electron chi connectivity index (χ4n) is 1.44. The van der Waals surface area contributed by atoms with E-state index in [-0.39, 0.29) is 0 Å². The number of halogens is 1. The predicted octanol–water partition coefficient (Wildman–Crippen LogP) is 2.36. The van der Waals surface area contributed by atoms with E-state index in [1.54, 1.807) is 7.11 Å². The second-order valence-electron chi connectivity index (χ2n) is 3.41. The van der Waals surface area contributed by atoms with Crippen LogP contribution in [0.15, 0.2) is 18.2 Å². The number of benzene rings is 1. The SMILES string of the molecule is COc1cc(CCCN)ccc1OCCBr. The fraction of sp³-hybridized carbons (Fsp3) is 0.500. The van der Waals surface area contributed by atoms with Crippen LogP contribution >= 0.6 is 15.9 Å². The quantitative estimate of drug-likeness (QED) is 0.783. The van der Waals surface area contributed by atoms with Crippen molar-refractivity contribution >= 4 is 15.9 Å². The molecule has 1 rings (SSSR count). The van der Waals surface area contributed by atoms with Crippen molar-refractivity contribution in [3.63, 3.8) is 0 Å². The maximum atomic E-state index is 5.54. The number of aryl methyl sites for hydroxylation is 1. The van der Waals surface area contributed by atoms with Crippen molar-refractivity contribution in [1.82, 2.24) is 0 Å². The third-order valence-corrected chi connectivity index (χ3v) is 2.56. The predicted molar refractivity (Wildman–Crippen MR) is 69.7 cm³/mol. The topological polar surface area (TPSA) is 44.5 Å². The molecule has 2 N–H and O–H groups in total. The lowest BCUT2D eigenvalue weighted by atomic mass is 10.1. The number of ether oxygens (including phenoxy) is 2. The molecule has 0 aliphatic carbocycles. The largest absolute Gasteiger partial charge is 0.493 e. The first-order chi connectivity index (χ1) is 7.81. The summed E-state index contributed by atoms with van der Waals surface area (Å²) in [5.74, 6) is 1.58. The van der Waals surface area contributed by atoms with Gasteiger partial charge in [-0.3, -0.25) is 0 Å². The number of alkyl halides is 1. The summed E-state index contributed by atoms with van der Waals surface area (Å²) in [6.45, 7) is 1.35. The molecule has 0 radical (unpaired) electrons. The summed E-state index contributed by atoms with van der Waals surface area (Å²) in [5.41, 5.74) is 6.71. The van der Waals surface area contributed by atoms with E-state index in [0.717, 1.165) is 29.7 Å². The molecule has 0 spiro atoms. The van der Waals surface area contributed by atoms with Crippen molar-refractivity contribution in [2.24, 2.45) is 5.73 Å². The Labute approximate surface area is 105 Å². The summed E-state index contributed by atoms with van der Waals surface area (Å²) >= 11 is 3.32. The maximum absolute atomic E-state index is 5.54. The zero-order chi connectivity index (χ0) is 11.8. The van der Waals surface area contributed by atoms with Gasteiger partial charge in [-0.2, -0.15) is 0 Å². The molecule has 0 fully saturated rings. The van der Waals surface area contributed by atoms with Gasteiger partial charge < -0.3 is 15.2 Å². The molecule has 1 aromatic carbocycles. The van der Waals surface area contributed by atoms with Gasteiger partial charge in [-0.25, -0.2) is 0 Å². The molecular weight excluding hydrogens is 270 g/mol. The first-order valence-electron chi connectivity index (χ1n) is 5.37. The van der Waals surface area contributed by atoms with E-state index < -0.39 is 0 Å². The van der Waals surface area contributed by atoms with Gasteiger partial charge in [0.05, 0.1) is 13.7 Å². The molecule has 4 heteroatoms. The van der Waals surface area contributed by atoms with Gasteiger partial charge in [0.2, 0.25) is 0 Å². The van der Waals surface area contributed by atoms with E-state index in [4.69, 9.17) is 15.2 Å². The van der Waals surface area contributed by atoms with Crippen molar-refractivity contribution in [3.05, 3.63) is 23.8 Å². The van der Waals surface area contributed by atoms with Crippen molar-refractivity contribution in [1.29, 1.82) is 0 Å². The molecule has 0 aliphatic heterocycles. The van der Waals surface area contributed by atoms with Crippen LogP contribution in [0.5, 0.6) is 11.5 Å². The van der Waals surface area contributed by atoms with Gasteiger partial charge in [0.25, 0.3) is 0 Å². The van der Waals surface area contributed by atoms with Gasteiger partial charge >= 0.3 is 0 Å². The molecule has 0 aliphatic rings. The van der Waals surface area contributed by atoms with Gasteiger partial charge in [0.1, 0.15) is 0 Å². The van der Waals surface area contributed by atoms with Gasteiger partial charge in [-0.15, -0.1) is 0 Å². The van der Waals surface area contributed by atoms with Crippen LogP contribution in [0.4, 0.5) is 0 Å². The Morgan fingerprint density at radius 1 is 1.31 bits per heavy atom. The molecule has 0 bridgehead atoms. The Bertz CT molecular complexity index is 318. The minimum Gasteiger partial charge on any atom is -0.493 e. The summed E-state index contributed by atoms with van der Waals surface area (Å²) in [5, 5.41) is 0.811. The van der Waals surface area contributed by atoms with Crippen molar-refractivity contribution in [3.8, 4) is 11.5 Å². The molecule has 16 heavy (non-hydrogen) atoms. The minimum absolute atomic E-state index is 0.637. The zero-order valence-corrected chi connectivity index (χ0v) is 11.1. The van der Waals surface area contributed by atoms with Crippen LogP contribution in [0, 0.1) is 0 Å². The highest BCUT2D eigenvalue weighted by Crippen LogP contribution is 2.28. The Morgan fingerprint density at radius 3 is 2.75 bits per heavy atom. The summed E-state index contributed by atoms with van der Waals surface area (Å²) in [4.78, 5) is 0. The standard InChI is InChI=1S/C12H18BrNO2/c1-15-12-9-10(3-2-7-14)4-5-11(12)16-8-6-13/h4-5,9H,2-3,6-8,14H2,1H3. The molecule has 0 heterocycles. The molecule has 0 aromatic heterocycles. The highest BCUT2D eigenvalue weighted by molar-refractivity contribution is 9.09. The van der Waals surface area contributed by atoms with Crippen LogP contribution in [0.3, 0.4) is 0 Å². The molecule has 3 nitrogen and oxygen atoms in total. The van der Waals surface area contributed by atoms with Gasteiger partial charge in [-0.1, -0.05) is 22.0 Å². The van der Waals surface area contributed by atoms with E-state index in [2.05, 4.69) is 22.0 Å². The zero-order valence-electron chi connectivity index (χ0n) is 9.54. The van der Waals surface area contributed by atoms with E-state index in [1.165, 1.54) is 5.56 Å². The number of hydrogen-bond donors (Lipinski definition) is 1. The molecule has 0 amide bonds. The number of hydrogen-bond acceptors (Lipinski definition) is 3. The van der Waals surface area contributed by atoms with Crippen LogP contribution < -0.4 is 15.2 Å². The summed E-state index contributed by atoms with van der Waals surface area (Å²) in [6, 6.07) is 6.02. The summed E-state index contributed by atoms with van der Waals surface area (Å²) in [6.07, 6.45) is 1.97. The first kappa shape index (κ1) is 13.3. The van der Waals surface area contributed by atoms with E-state index in [1.807, 2.05) is 12.1 Å². The second-order valence-corrected chi connectivity index (χ2v) is 4.21. The monoisotopic (exact) mass is 287 g/mol. The number of methoxy groups -OCH3 is 1. The average Bonchev–Trinajstić information content (AvgIpc) is 2.34. The van der Waals surface area contributed by atoms with Gasteiger partial charge in [0, 0.05) is 5.33 Å². The van der Waals surface area contributed by atoms with Crippen LogP contribution in [0.25, 0.3) is 0 Å². The highest BCUT2D eigenvalue weighted by Gasteiger charge is 2.05. The lowest BCUT2D eigenvalue weighted by molar-refractivity contribution is 0.314. The molecule has 0 saturated heterocycles. The molecule has 0 saturated carbocycles. The van der Waals surface area contributed by atoms with Crippen LogP contribution in [0.2, 0.25) is 0 Å².